The molecule has 0 aliphatic carbocycles. The lowest BCUT2D eigenvalue weighted by molar-refractivity contribution is -0.118. The molecule has 1 atom stereocenters. The number of halogens is 1. The average Bonchev–Trinajstić information content (AvgIpc) is 3.05. The van der Waals surface area contributed by atoms with Crippen molar-refractivity contribution in [3.63, 3.8) is 0 Å². The van der Waals surface area contributed by atoms with Crippen LogP contribution in [0, 0.1) is 0 Å². The van der Waals surface area contributed by atoms with Gasteiger partial charge in [0.2, 0.25) is 0 Å². The fourth-order valence-corrected chi connectivity index (χ4v) is 4.36. The van der Waals surface area contributed by atoms with E-state index in [9.17, 15) is 4.79 Å². The summed E-state index contributed by atoms with van der Waals surface area (Å²) in [6.45, 7) is 1.98. The third-order valence-corrected chi connectivity index (χ3v) is 5.73. The van der Waals surface area contributed by atoms with Gasteiger partial charge in [-0.05, 0) is 49.2 Å². The summed E-state index contributed by atoms with van der Waals surface area (Å²) in [6.07, 6.45) is 5.25. The summed E-state index contributed by atoms with van der Waals surface area (Å²) < 4.78 is 0. The van der Waals surface area contributed by atoms with E-state index in [1.165, 1.54) is 23.0 Å². The molecule has 1 aliphatic heterocycles. The number of carbonyl (C=O) groups excluding carboxylic acids is 1. The molecule has 0 bridgehead atoms. The summed E-state index contributed by atoms with van der Waals surface area (Å²) in [6, 6.07) is 5.91. The number of nitrogens with one attached hydrogen (secondary N) is 1. The van der Waals surface area contributed by atoms with Crippen molar-refractivity contribution in [1.82, 2.24) is 19.9 Å². The minimum absolute atomic E-state index is 0.0225. The van der Waals surface area contributed by atoms with E-state index in [2.05, 4.69) is 26.9 Å². The molecule has 1 unspecified atom stereocenters. The highest BCUT2D eigenvalue weighted by molar-refractivity contribution is 6.31. The van der Waals surface area contributed by atoms with E-state index < -0.39 is 0 Å². The molecule has 3 N–H and O–H groups in total. The molecular formula is C21H24ClN5O. The van der Waals surface area contributed by atoms with Crippen LogP contribution in [-0.4, -0.2) is 45.8 Å². The van der Waals surface area contributed by atoms with Gasteiger partial charge in [-0.15, -0.1) is 0 Å². The number of nitrogens with zero attached hydrogens (tertiary/aromatic N) is 3. The summed E-state index contributed by atoms with van der Waals surface area (Å²) in [5, 5.41) is 1.91. The molecule has 0 amide bonds. The van der Waals surface area contributed by atoms with Gasteiger partial charge in [0, 0.05) is 58.9 Å². The Morgan fingerprint density at radius 2 is 2.29 bits per heavy atom. The number of hydrogen-bond acceptors (Lipinski definition) is 5. The topological polar surface area (TPSA) is 87.9 Å². The lowest BCUT2D eigenvalue weighted by atomic mass is 9.90. The largest absolute Gasteiger partial charge is 0.357 e. The number of Topliss-reactive ketones (excluding diaryl/α,β-unsaturated/α-hetero) is 1. The van der Waals surface area contributed by atoms with Gasteiger partial charge in [0.05, 0.1) is 6.54 Å². The number of benzene rings is 1. The van der Waals surface area contributed by atoms with Crippen molar-refractivity contribution in [2.75, 3.05) is 20.1 Å². The van der Waals surface area contributed by atoms with E-state index in [-0.39, 0.29) is 18.2 Å². The first-order valence-corrected chi connectivity index (χ1v) is 9.91. The number of fused-ring (bicyclic) bond motifs is 3. The van der Waals surface area contributed by atoms with E-state index in [1.54, 1.807) is 6.20 Å². The predicted molar refractivity (Wildman–Crippen MR) is 111 cm³/mol. The van der Waals surface area contributed by atoms with Crippen LogP contribution in [0.1, 0.15) is 34.9 Å². The standard InChI is InChI=1S/C21H24ClN5O/c1-27-5-3-17-18-9-15(22)7-14(21(18)26-20(17)11-27)6-13(8-16(28)10-23)19-2-4-24-12-25-19/h2,4,7,9,12-13,26H,3,5-6,8,10-11,23H2,1H3. The van der Waals surface area contributed by atoms with Crippen LogP contribution in [0.3, 0.4) is 0 Å². The van der Waals surface area contributed by atoms with Gasteiger partial charge in [-0.3, -0.25) is 4.79 Å². The van der Waals surface area contributed by atoms with Crippen LogP contribution in [0.5, 0.6) is 0 Å². The normalized spacial score (nSPS) is 15.5. The Labute approximate surface area is 169 Å². The maximum atomic E-state index is 12.1. The van der Waals surface area contributed by atoms with Crippen LogP contribution >= 0.6 is 11.6 Å². The number of carbonyl (C=O) groups is 1. The highest BCUT2D eigenvalue weighted by atomic mass is 35.5. The number of rotatable bonds is 6. The van der Waals surface area contributed by atoms with Crippen LogP contribution in [0.15, 0.2) is 30.7 Å². The van der Waals surface area contributed by atoms with Crippen molar-refractivity contribution >= 4 is 28.3 Å². The Morgan fingerprint density at radius 3 is 3.04 bits per heavy atom. The summed E-state index contributed by atoms with van der Waals surface area (Å²) in [4.78, 5) is 26.4. The molecule has 0 saturated carbocycles. The highest BCUT2D eigenvalue weighted by Gasteiger charge is 2.23. The second-order valence-electron chi connectivity index (χ2n) is 7.54. The smallest absolute Gasteiger partial charge is 0.147 e. The molecule has 2 aromatic heterocycles. The van der Waals surface area contributed by atoms with Crippen LogP contribution < -0.4 is 5.73 Å². The Bertz CT molecular complexity index is 1000. The van der Waals surface area contributed by atoms with E-state index in [0.29, 0.717) is 12.8 Å². The number of aromatic amines is 1. The molecular weight excluding hydrogens is 374 g/mol. The number of aromatic nitrogens is 3. The predicted octanol–water partition coefficient (Wildman–Crippen LogP) is 2.84. The molecule has 7 heteroatoms. The second kappa shape index (κ2) is 7.99. The zero-order valence-corrected chi connectivity index (χ0v) is 16.7. The fraction of sp³-hybridized carbons (Fsp3) is 0.381. The van der Waals surface area contributed by atoms with E-state index in [0.717, 1.165) is 41.3 Å². The van der Waals surface area contributed by atoms with E-state index in [1.807, 2.05) is 18.2 Å². The number of hydrogen-bond donors (Lipinski definition) is 2. The molecule has 0 spiro atoms. The first-order chi connectivity index (χ1) is 13.5. The van der Waals surface area contributed by atoms with Crippen LogP contribution in [-0.2, 0) is 24.2 Å². The van der Waals surface area contributed by atoms with Crippen LogP contribution in [0.25, 0.3) is 10.9 Å². The molecule has 146 valence electrons. The highest BCUT2D eigenvalue weighted by Crippen LogP contribution is 2.34. The first kappa shape index (κ1) is 19.1. The van der Waals surface area contributed by atoms with Crippen molar-refractivity contribution in [3.05, 3.63) is 58.3 Å². The molecule has 28 heavy (non-hydrogen) atoms. The second-order valence-corrected chi connectivity index (χ2v) is 7.98. The number of H-pyrrole nitrogens is 1. The van der Waals surface area contributed by atoms with Gasteiger partial charge in [0.1, 0.15) is 12.1 Å². The minimum atomic E-state index is -0.0660. The molecule has 3 heterocycles. The van der Waals surface area contributed by atoms with Gasteiger partial charge in [0.15, 0.2) is 0 Å². The summed E-state index contributed by atoms with van der Waals surface area (Å²) in [5.41, 5.74) is 11.2. The molecule has 0 fully saturated rings. The summed E-state index contributed by atoms with van der Waals surface area (Å²) in [7, 11) is 2.13. The van der Waals surface area contributed by atoms with Crippen molar-refractivity contribution in [2.24, 2.45) is 5.73 Å². The first-order valence-electron chi connectivity index (χ1n) is 9.53. The van der Waals surface area contributed by atoms with Crippen LogP contribution in [0.4, 0.5) is 0 Å². The fourth-order valence-electron chi connectivity index (χ4n) is 4.12. The number of ketones is 1. The zero-order valence-electron chi connectivity index (χ0n) is 15.9. The maximum Gasteiger partial charge on any atom is 0.147 e. The minimum Gasteiger partial charge on any atom is -0.357 e. The number of nitrogens with two attached hydrogens (primary N) is 1. The lowest BCUT2D eigenvalue weighted by Crippen LogP contribution is -2.26. The van der Waals surface area contributed by atoms with Gasteiger partial charge in [-0.2, -0.15) is 0 Å². The quantitative estimate of drug-likeness (QED) is 0.667. The van der Waals surface area contributed by atoms with Crippen LogP contribution in [0.2, 0.25) is 5.02 Å². The number of likely N-dealkylation sites (N-methyl/N-ethyl adjacent to an activating group) is 1. The average molecular weight is 398 g/mol. The van der Waals surface area contributed by atoms with Crippen molar-refractivity contribution < 1.29 is 4.79 Å². The summed E-state index contributed by atoms with van der Waals surface area (Å²) >= 11 is 6.48. The third-order valence-electron chi connectivity index (χ3n) is 5.51. The molecule has 6 nitrogen and oxygen atoms in total. The molecule has 0 saturated heterocycles. The van der Waals surface area contributed by atoms with Gasteiger partial charge in [-0.25, -0.2) is 9.97 Å². The van der Waals surface area contributed by atoms with Gasteiger partial charge < -0.3 is 15.6 Å². The Balaban J connectivity index is 1.75. The Hall–Kier alpha value is -2.28. The maximum absolute atomic E-state index is 12.1. The van der Waals surface area contributed by atoms with Crippen molar-refractivity contribution in [2.45, 2.75) is 31.7 Å². The van der Waals surface area contributed by atoms with Gasteiger partial charge >= 0.3 is 0 Å². The van der Waals surface area contributed by atoms with Gasteiger partial charge in [-0.1, -0.05) is 11.6 Å². The zero-order chi connectivity index (χ0) is 19.7. The monoisotopic (exact) mass is 397 g/mol. The molecule has 3 aromatic rings. The molecule has 0 radical (unpaired) electrons. The molecule has 4 rings (SSSR count). The third kappa shape index (κ3) is 3.81. The Kier molecular flexibility index (Phi) is 5.44. The SMILES string of the molecule is CN1CCc2c([nH]c3c(CC(CC(=O)CN)c4ccncn4)cc(Cl)cc23)C1. The molecule has 1 aromatic carbocycles. The Morgan fingerprint density at radius 1 is 1.43 bits per heavy atom. The van der Waals surface area contributed by atoms with Gasteiger partial charge in [0.25, 0.3) is 0 Å². The lowest BCUT2D eigenvalue weighted by Gasteiger charge is -2.22. The van der Waals surface area contributed by atoms with E-state index >= 15 is 0 Å². The van der Waals surface area contributed by atoms with Crippen molar-refractivity contribution in [1.29, 1.82) is 0 Å². The van der Waals surface area contributed by atoms with Crippen molar-refractivity contribution in [3.8, 4) is 0 Å². The summed E-state index contributed by atoms with van der Waals surface area (Å²) in [5.74, 6) is -0.0435. The van der Waals surface area contributed by atoms with E-state index in [4.69, 9.17) is 17.3 Å². The molecule has 1 aliphatic rings.